The zero-order valence-electron chi connectivity index (χ0n) is 20.3. The van der Waals surface area contributed by atoms with Gasteiger partial charge >= 0.3 is 0 Å². The summed E-state index contributed by atoms with van der Waals surface area (Å²) >= 11 is 0. The van der Waals surface area contributed by atoms with Crippen LogP contribution in [0.2, 0.25) is 0 Å². The lowest BCUT2D eigenvalue weighted by Gasteiger charge is -2.33. The SMILES string of the molecule is C1=Cc2ccc(-c3cccc(C4=Cc5ccccc5C5=CC=C(c6ccccc6)CC45)c3)cc2CC1. The van der Waals surface area contributed by atoms with Crippen molar-refractivity contribution >= 4 is 28.9 Å². The van der Waals surface area contributed by atoms with Crippen molar-refractivity contribution < 1.29 is 0 Å². The third kappa shape index (κ3) is 3.71. The summed E-state index contributed by atoms with van der Waals surface area (Å²) in [6.07, 6.45) is 15.0. The monoisotopic (exact) mass is 460 g/mol. The van der Waals surface area contributed by atoms with E-state index in [-0.39, 0.29) is 0 Å². The van der Waals surface area contributed by atoms with Crippen LogP contribution in [-0.4, -0.2) is 0 Å². The second-order valence-electron chi connectivity index (χ2n) is 10.1. The average molecular weight is 461 g/mol. The first-order valence-electron chi connectivity index (χ1n) is 13.0. The molecule has 0 fully saturated rings. The van der Waals surface area contributed by atoms with E-state index in [1.54, 1.807) is 0 Å². The first kappa shape index (κ1) is 21.1. The van der Waals surface area contributed by atoms with Gasteiger partial charge in [0.2, 0.25) is 0 Å². The number of aryl methyl sites for hydroxylation is 1. The van der Waals surface area contributed by atoms with Gasteiger partial charge in [0.1, 0.15) is 0 Å². The fourth-order valence-electron chi connectivity index (χ4n) is 6.06. The lowest BCUT2D eigenvalue weighted by atomic mass is 9.71. The van der Waals surface area contributed by atoms with Gasteiger partial charge in [-0.05, 0) is 92.6 Å². The lowest BCUT2D eigenvalue weighted by Crippen LogP contribution is -2.15. The van der Waals surface area contributed by atoms with Crippen molar-refractivity contribution in [2.24, 2.45) is 5.92 Å². The van der Waals surface area contributed by atoms with Crippen molar-refractivity contribution in [3.8, 4) is 11.1 Å². The number of rotatable bonds is 3. The summed E-state index contributed by atoms with van der Waals surface area (Å²) in [5.74, 6) is 0.351. The van der Waals surface area contributed by atoms with Crippen LogP contribution in [0.3, 0.4) is 0 Å². The highest BCUT2D eigenvalue weighted by atomic mass is 14.3. The highest BCUT2D eigenvalue weighted by molar-refractivity contribution is 6.00. The predicted molar refractivity (Wildman–Crippen MR) is 154 cm³/mol. The largest absolute Gasteiger partial charge is 0.0836 e. The van der Waals surface area contributed by atoms with Gasteiger partial charge in [-0.2, -0.15) is 0 Å². The van der Waals surface area contributed by atoms with E-state index in [0.29, 0.717) is 5.92 Å². The zero-order chi connectivity index (χ0) is 23.9. The molecule has 0 heterocycles. The first-order valence-corrected chi connectivity index (χ1v) is 13.0. The standard InChI is InChI=1S/C36H28/c1-2-9-25(10-3-1)30-19-20-34-33-16-7-6-13-32(33)24-35(36(34)23-30)31-15-8-14-28(22-31)29-18-17-26-11-4-5-12-27(26)21-29/h1-4,6-11,13-22,24,36H,5,12,23H2. The Hall–Kier alpha value is -4.16. The Kier molecular flexibility index (Phi) is 5.17. The maximum Gasteiger partial charge on any atom is 0.0142 e. The number of hydrogen-bond acceptors (Lipinski definition) is 0. The molecule has 0 bridgehead atoms. The summed E-state index contributed by atoms with van der Waals surface area (Å²) < 4.78 is 0. The van der Waals surface area contributed by atoms with Crippen molar-refractivity contribution in [2.45, 2.75) is 19.3 Å². The van der Waals surface area contributed by atoms with Crippen molar-refractivity contribution in [3.05, 3.63) is 149 Å². The lowest BCUT2D eigenvalue weighted by molar-refractivity contribution is 0.877. The molecule has 36 heavy (non-hydrogen) atoms. The smallest absolute Gasteiger partial charge is 0.0142 e. The van der Waals surface area contributed by atoms with Crippen LogP contribution in [0.25, 0.3) is 40.0 Å². The molecule has 0 aliphatic heterocycles. The van der Waals surface area contributed by atoms with Gasteiger partial charge in [0, 0.05) is 5.92 Å². The molecule has 1 unspecified atom stereocenters. The van der Waals surface area contributed by atoms with Gasteiger partial charge in [-0.15, -0.1) is 0 Å². The van der Waals surface area contributed by atoms with Gasteiger partial charge < -0.3 is 0 Å². The van der Waals surface area contributed by atoms with Crippen LogP contribution in [0.15, 0.2) is 115 Å². The Balaban J connectivity index is 1.32. The molecule has 0 N–H and O–H groups in total. The second-order valence-corrected chi connectivity index (χ2v) is 10.1. The van der Waals surface area contributed by atoms with E-state index in [0.717, 1.165) is 19.3 Å². The summed E-state index contributed by atoms with van der Waals surface area (Å²) in [6, 6.07) is 35.8. The van der Waals surface area contributed by atoms with Gasteiger partial charge in [0.15, 0.2) is 0 Å². The molecule has 7 rings (SSSR count). The van der Waals surface area contributed by atoms with E-state index in [2.05, 4.69) is 127 Å². The van der Waals surface area contributed by atoms with Crippen LogP contribution in [0.5, 0.6) is 0 Å². The molecule has 0 nitrogen and oxygen atoms in total. The van der Waals surface area contributed by atoms with Gasteiger partial charge in [0.05, 0.1) is 0 Å². The third-order valence-corrected chi connectivity index (χ3v) is 7.92. The van der Waals surface area contributed by atoms with E-state index in [1.807, 2.05) is 0 Å². The van der Waals surface area contributed by atoms with Gasteiger partial charge in [-0.25, -0.2) is 0 Å². The maximum atomic E-state index is 2.43. The second kappa shape index (κ2) is 8.81. The molecule has 0 spiro atoms. The summed E-state index contributed by atoms with van der Waals surface area (Å²) in [4.78, 5) is 0. The Morgan fingerprint density at radius 3 is 2.33 bits per heavy atom. The van der Waals surface area contributed by atoms with Crippen LogP contribution >= 0.6 is 0 Å². The van der Waals surface area contributed by atoms with Gasteiger partial charge in [0.25, 0.3) is 0 Å². The normalized spacial score (nSPS) is 17.8. The minimum absolute atomic E-state index is 0.351. The Morgan fingerprint density at radius 1 is 0.583 bits per heavy atom. The molecule has 0 radical (unpaired) electrons. The topological polar surface area (TPSA) is 0 Å². The molecule has 4 aromatic carbocycles. The van der Waals surface area contributed by atoms with E-state index in [4.69, 9.17) is 0 Å². The maximum absolute atomic E-state index is 2.43. The Morgan fingerprint density at radius 2 is 1.39 bits per heavy atom. The first-order chi connectivity index (χ1) is 17.8. The Bertz CT molecular complexity index is 1590. The van der Waals surface area contributed by atoms with E-state index in [9.17, 15) is 0 Å². The highest BCUT2D eigenvalue weighted by Gasteiger charge is 2.30. The fourth-order valence-corrected chi connectivity index (χ4v) is 6.06. The zero-order valence-corrected chi connectivity index (χ0v) is 20.3. The van der Waals surface area contributed by atoms with Crippen LogP contribution in [0.4, 0.5) is 0 Å². The minimum Gasteiger partial charge on any atom is -0.0836 e. The quantitative estimate of drug-likeness (QED) is 0.286. The fraction of sp³-hybridized carbons (Fsp3) is 0.111. The summed E-state index contributed by atoms with van der Waals surface area (Å²) in [5, 5.41) is 0. The highest BCUT2D eigenvalue weighted by Crippen LogP contribution is 2.48. The molecule has 0 heteroatoms. The van der Waals surface area contributed by atoms with Gasteiger partial charge in [-0.3, -0.25) is 0 Å². The molecule has 0 aromatic heterocycles. The van der Waals surface area contributed by atoms with Crippen molar-refractivity contribution in [3.63, 3.8) is 0 Å². The molecule has 0 amide bonds. The molecule has 0 saturated carbocycles. The van der Waals surface area contributed by atoms with E-state index >= 15 is 0 Å². The van der Waals surface area contributed by atoms with Crippen LogP contribution in [-0.2, 0) is 6.42 Å². The molecule has 1 atom stereocenters. The van der Waals surface area contributed by atoms with Gasteiger partial charge in [-0.1, -0.05) is 115 Å². The molecule has 3 aliphatic carbocycles. The molecule has 3 aliphatic rings. The molecular formula is C36H28. The summed E-state index contributed by atoms with van der Waals surface area (Å²) in [6.45, 7) is 0. The van der Waals surface area contributed by atoms with Crippen LogP contribution in [0, 0.1) is 5.92 Å². The molecule has 0 saturated heterocycles. The molecule has 4 aromatic rings. The predicted octanol–water partition coefficient (Wildman–Crippen LogP) is 9.35. The number of hydrogen-bond donors (Lipinski definition) is 0. The van der Waals surface area contributed by atoms with E-state index < -0.39 is 0 Å². The Labute approximate surface area is 213 Å². The number of fused-ring (bicyclic) bond motifs is 4. The minimum atomic E-state index is 0.351. The van der Waals surface area contributed by atoms with Crippen LogP contribution < -0.4 is 0 Å². The third-order valence-electron chi connectivity index (χ3n) is 7.92. The van der Waals surface area contributed by atoms with Crippen LogP contribution in [0.1, 0.15) is 46.2 Å². The van der Waals surface area contributed by atoms with Crippen molar-refractivity contribution in [1.82, 2.24) is 0 Å². The average Bonchev–Trinajstić information content (AvgIpc) is 2.96. The van der Waals surface area contributed by atoms with Crippen molar-refractivity contribution in [2.75, 3.05) is 0 Å². The summed E-state index contributed by atoms with van der Waals surface area (Å²) in [7, 11) is 0. The van der Waals surface area contributed by atoms with Crippen molar-refractivity contribution in [1.29, 1.82) is 0 Å². The molecular weight excluding hydrogens is 432 g/mol. The summed E-state index contributed by atoms with van der Waals surface area (Å²) in [5.41, 5.74) is 15.0. The number of benzene rings is 4. The number of allylic oxidation sites excluding steroid dienone is 6. The van der Waals surface area contributed by atoms with E-state index in [1.165, 1.54) is 61.2 Å². The molecule has 172 valence electrons.